The maximum Gasteiger partial charge on any atom is 0.260 e. The van der Waals surface area contributed by atoms with Gasteiger partial charge in [0.05, 0.1) is 11.3 Å². The van der Waals surface area contributed by atoms with Crippen molar-refractivity contribution in [3.8, 4) is 0 Å². The van der Waals surface area contributed by atoms with Gasteiger partial charge in [-0.1, -0.05) is 35.0 Å². The van der Waals surface area contributed by atoms with Crippen molar-refractivity contribution in [2.24, 2.45) is 5.16 Å². The molecule has 0 unspecified atom stereocenters. The smallest absolute Gasteiger partial charge is 0.260 e. The molecule has 2 aromatic carbocycles. The first-order chi connectivity index (χ1) is 16.0. The number of rotatable bonds is 4. The lowest BCUT2D eigenvalue weighted by Gasteiger charge is -2.29. The Hall–Kier alpha value is -3.36. The number of nitrogens with zero attached hydrogens (tertiary/aromatic N) is 2. The van der Waals surface area contributed by atoms with Gasteiger partial charge in [-0.25, -0.2) is 0 Å². The predicted molar refractivity (Wildman–Crippen MR) is 128 cm³/mol. The molecule has 5 rings (SSSR count). The Labute approximate surface area is 196 Å². The number of piperidine rings is 1. The van der Waals surface area contributed by atoms with Crippen molar-refractivity contribution < 1.29 is 14.4 Å². The second-order valence-electron chi connectivity index (χ2n) is 8.42. The van der Waals surface area contributed by atoms with Crippen LogP contribution in [0.3, 0.4) is 0 Å². The highest BCUT2D eigenvalue weighted by atomic mass is 35.5. The number of benzene rings is 2. The van der Waals surface area contributed by atoms with Crippen LogP contribution < -0.4 is 16.0 Å². The predicted octanol–water partition coefficient (Wildman–Crippen LogP) is 3.06. The summed E-state index contributed by atoms with van der Waals surface area (Å²) in [4.78, 5) is 32.9. The zero-order chi connectivity index (χ0) is 22.9. The number of likely N-dealkylation sites (tertiary alicyclic amines) is 1. The Morgan fingerprint density at radius 3 is 2.73 bits per heavy atom. The van der Waals surface area contributed by atoms with E-state index in [4.69, 9.17) is 16.4 Å². The number of hydrogen-bond acceptors (Lipinski definition) is 6. The Morgan fingerprint density at radius 1 is 1.15 bits per heavy atom. The number of nitrogens with one attached hydrogen (secondary N) is 3. The second-order valence-corrected chi connectivity index (χ2v) is 8.86. The molecule has 2 aromatic rings. The number of halogens is 1. The summed E-state index contributed by atoms with van der Waals surface area (Å²) in [6.07, 6.45) is 1.84. The van der Waals surface area contributed by atoms with Gasteiger partial charge in [0.1, 0.15) is 5.71 Å². The van der Waals surface area contributed by atoms with Crippen LogP contribution in [0.1, 0.15) is 24.0 Å². The molecule has 8 nitrogen and oxygen atoms in total. The van der Waals surface area contributed by atoms with Crippen LogP contribution in [0.4, 0.5) is 11.4 Å². The van der Waals surface area contributed by atoms with Crippen molar-refractivity contribution in [1.82, 2.24) is 10.2 Å². The molecule has 0 atom stereocenters. The summed E-state index contributed by atoms with van der Waals surface area (Å²) in [5, 5.41) is 14.0. The number of para-hydroxylation sites is 1. The summed E-state index contributed by atoms with van der Waals surface area (Å²) < 4.78 is 0. The van der Waals surface area contributed by atoms with Gasteiger partial charge in [-0.05, 0) is 57.2 Å². The largest absolute Gasteiger partial charge is 0.385 e. The van der Waals surface area contributed by atoms with Crippen molar-refractivity contribution in [2.45, 2.75) is 18.9 Å². The van der Waals surface area contributed by atoms with Gasteiger partial charge in [-0.3, -0.25) is 9.59 Å². The summed E-state index contributed by atoms with van der Waals surface area (Å²) in [5.41, 5.74) is 4.39. The molecular formula is C24H24ClN5O3. The van der Waals surface area contributed by atoms with E-state index in [0.29, 0.717) is 33.3 Å². The molecule has 33 heavy (non-hydrogen) atoms. The van der Waals surface area contributed by atoms with Crippen molar-refractivity contribution in [1.29, 1.82) is 0 Å². The molecule has 0 aromatic heterocycles. The molecule has 0 saturated carbocycles. The Morgan fingerprint density at radius 2 is 1.91 bits per heavy atom. The Kier molecular flexibility index (Phi) is 5.78. The van der Waals surface area contributed by atoms with Crippen molar-refractivity contribution in [3.63, 3.8) is 0 Å². The van der Waals surface area contributed by atoms with Crippen LogP contribution in [-0.2, 0) is 14.4 Å². The van der Waals surface area contributed by atoms with Crippen LogP contribution in [0.15, 0.2) is 53.3 Å². The Balaban J connectivity index is 1.39. The monoisotopic (exact) mass is 465 g/mol. The van der Waals surface area contributed by atoms with Crippen LogP contribution in [-0.4, -0.2) is 55.2 Å². The fourth-order valence-corrected chi connectivity index (χ4v) is 4.54. The van der Waals surface area contributed by atoms with Gasteiger partial charge in [0, 0.05) is 33.6 Å². The van der Waals surface area contributed by atoms with E-state index < -0.39 is 0 Å². The van der Waals surface area contributed by atoms with E-state index in [0.717, 1.165) is 37.2 Å². The summed E-state index contributed by atoms with van der Waals surface area (Å²) in [6.45, 7) is 1.72. The SMILES string of the molecule is CN1CCC(NC(=O)CO/N=C2/C(=C3/C(=O)Nc4ccc(Cl)cc43)Nc3ccccc32)CC1. The van der Waals surface area contributed by atoms with Crippen LogP contribution in [0.2, 0.25) is 5.02 Å². The van der Waals surface area contributed by atoms with E-state index >= 15 is 0 Å². The summed E-state index contributed by atoms with van der Waals surface area (Å²) in [5.74, 6) is -0.464. The number of allylic oxidation sites excluding steroid dienone is 1. The van der Waals surface area contributed by atoms with Gasteiger partial charge in [-0.15, -0.1) is 0 Å². The fourth-order valence-electron chi connectivity index (χ4n) is 4.37. The molecule has 0 radical (unpaired) electrons. The van der Waals surface area contributed by atoms with E-state index in [1.807, 2.05) is 24.3 Å². The minimum Gasteiger partial charge on any atom is -0.385 e. The average molecular weight is 466 g/mol. The molecule has 0 aliphatic carbocycles. The molecule has 9 heteroatoms. The van der Waals surface area contributed by atoms with Crippen LogP contribution in [0.25, 0.3) is 5.57 Å². The minimum atomic E-state index is -0.254. The molecule has 3 N–H and O–H groups in total. The highest BCUT2D eigenvalue weighted by Crippen LogP contribution is 2.40. The summed E-state index contributed by atoms with van der Waals surface area (Å²) in [6, 6.07) is 13.0. The number of oxime groups is 1. The molecule has 170 valence electrons. The van der Waals surface area contributed by atoms with Crippen LogP contribution in [0, 0.1) is 0 Å². The molecule has 1 saturated heterocycles. The van der Waals surface area contributed by atoms with E-state index in [1.165, 1.54) is 0 Å². The molecule has 2 amide bonds. The third kappa shape index (κ3) is 4.31. The van der Waals surface area contributed by atoms with Crippen LogP contribution >= 0.6 is 11.6 Å². The molecule has 3 aliphatic heterocycles. The molecule has 3 aliphatic rings. The number of carbonyl (C=O) groups excluding carboxylic acids is 2. The first kappa shape index (κ1) is 21.5. The molecular weight excluding hydrogens is 442 g/mol. The van der Waals surface area contributed by atoms with Gasteiger partial charge in [0.25, 0.3) is 11.8 Å². The number of carbonyl (C=O) groups is 2. The third-order valence-corrected chi connectivity index (χ3v) is 6.33. The van der Waals surface area contributed by atoms with E-state index in [2.05, 4.69) is 33.1 Å². The lowest BCUT2D eigenvalue weighted by Crippen LogP contribution is -2.44. The standard InChI is InChI=1S/C24H24ClN5O3/c1-30-10-8-15(9-11-30)26-20(31)13-33-29-22-16-4-2-3-5-18(16)27-23(22)21-17-12-14(25)6-7-19(17)28-24(21)32/h2-7,12,15,27H,8-11,13H2,1H3,(H,26,31)(H,28,32)/b23-21-,29-22+. The minimum absolute atomic E-state index is 0.153. The summed E-state index contributed by atoms with van der Waals surface area (Å²) >= 11 is 6.19. The zero-order valence-electron chi connectivity index (χ0n) is 18.2. The van der Waals surface area contributed by atoms with E-state index in [1.54, 1.807) is 18.2 Å². The lowest BCUT2D eigenvalue weighted by atomic mass is 10.0. The van der Waals surface area contributed by atoms with E-state index in [-0.39, 0.29) is 24.5 Å². The van der Waals surface area contributed by atoms with Crippen molar-refractivity contribution >= 4 is 46.1 Å². The van der Waals surface area contributed by atoms with Gasteiger partial charge >= 0.3 is 0 Å². The number of fused-ring (bicyclic) bond motifs is 2. The zero-order valence-corrected chi connectivity index (χ0v) is 18.9. The van der Waals surface area contributed by atoms with Crippen molar-refractivity contribution in [3.05, 3.63) is 64.3 Å². The maximum absolute atomic E-state index is 12.8. The Bertz CT molecular complexity index is 1180. The highest BCUT2D eigenvalue weighted by molar-refractivity contribution is 6.40. The molecule has 1 fully saturated rings. The van der Waals surface area contributed by atoms with Gasteiger partial charge in [0.15, 0.2) is 6.61 Å². The maximum atomic E-state index is 12.8. The second kappa shape index (κ2) is 8.88. The third-order valence-electron chi connectivity index (χ3n) is 6.09. The first-order valence-corrected chi connectivity index (χ1v) is 11.3. The van der Waals surface area contributed by atoms with Gasteiger partial charge in [-0.2, -0.15) is 0 Å². The van der Waals surface area contributed by atoms with Crippen LogP contribution in [0.5, 0.6) is 0 Å². The summed E-state index contributed by atoms with van der Waals surface area (Å²) in [7, 11) is 2.08. The fraction of sp³-hybridized carbons (Fsp3) is 0.292. The number of anilines is 2. The molecule has 0 bridgehead atoms. The molecule has 3 heterocycles. The van der Waals surface area contributed by atoms with E-state index in [9.17, 15) is 9.59 Å². The highest BCUT2D eigenvalue weighted by Gasteiger charge is 2.34. The number of hydrogen-bond donors (Lipinski definition) is 3. The lowest BCUT2D eigenvalue weighted by molar-refractivity contribution is -0.126. The molecule has 0 spiro atoms. The van der Waals surface area contributed by atoms with Crippen molar-refractivity contribution in [2.75, 3.05) is 37.4 Å². The van der Waals surface area contributed by atoms with Gasteiger partial charge in [0.2, 0.25) is 0 Å². The average Bonchev–Trinajstić information content (AvgIpc) is 3.31. The normalized spacial score (nSPS) is 21.4. The van der Waals surface area contributed by atoms with Gasteiger partial charge < -0.3 is 25.7 Å². The quantitative estimate of drug-likeness (QED) is 0.476. The topological polar surface area (TPSA) is 95.1 Å². The number of amides is 2. The first-order valence-electron chi connectivity index (χ1n) is 10.9.